The number of ether oxygens (including phenoxy) is 2. The van der Waals surface area contributed by atoms with Gasteiger partial charge in [-0.25, -0.2) is 0 Å². The van der Waals surface area contributed by atoms with E-state index in [1.54, 1.807) is 0 Å². The Morgan fingerprint density at radius 1 is 0.839 bits per heavy atom. The van der Waals surface area contributed by atoms with Gasteiger partial charge in [0.25, 0.3) is 0 Å². The Morgan fingerprint density at radius 3 is 2.39 bits per heavy atom. The van der Waals surface area contributed by atoms with Crippen LogP contribution >= 0.6 is 0 Å². The average Bonchev–Trinajstić information content (AvgIpc) is 3.16. The van der Waals surface area contributed by atoms with Gasteiger partial charge in [0.15, 0.2) is 5.79 Å². The molecular formula is C27H44O4. The van der Waals surface area contributed by atoms with Gasteiger partial charge in [0.2, 0.25) is 0 Å². The molecule has 2 N–H and O–H groups in total. The molecule has 11 unspecified atom stereocenters. The summed E-state index contributed by atoms with van der Waals surface area (Å²) in [5.41, 5.74) is 0.550. The van der Waals surface area contributed by atoms with Gasteiger partial charge in [-0.05, 0) is 97.7 Å². The van der Waals surface area contributed by atoms with E-state index in [1.807, 2.05) is 0 Å². The largest absolute Gasteiger partial charge is 0.390 e. The first-order valence-corrected chi connectivity index (χ1v) is 13.4. The first-order chi connectivity index (χ1) is 14.7. The molecule has 4 heteroatoms. The van der Waals surface area contributed by atoms with Gasteiger partial charge in [0.1, 0.15) is 0 Å². The van der Waals surface area contributed by atoms with Crippen molar-refractivity contribution in [1.29, 1.82) is 0 Å². The highest BCUT2D eigenvalue weighted by molar-refractivity contribution is 5.15. The summed E-state index contributed by atoms with van der Waals surface area (Å²) < 4.78 is 13.3. The monoisotopic (exact) mass is 432 g/mol. The molecule has 0 amide bonds. The fourth-order valence-corrected chi connectivity index (χ4v) is 10.3. The summed E-state index contributed by atoms with van der Waals surface area (Å²) in [7, 11) is 0. The summed E-state index contributed by atoms with van der Waals surface area (Å²) in [5, 5.41) is 20.9. The van der Waals surface area contributed by atoms with E-state index in [0.717, 1.165) is 37.7 Å². The lowest BCUT2D eigenvalue weighted by Crippen LogP contribution is -2.57. The van der Waals surface area contributed by atoms with E-state index in [0.29, 0.717) is 41.1 Å². The maximum absolute atomic E-state index is 10.6. The van der Waals surface area contributed by atoms with E-state index in [2.05, 4.69) is 27.7 Å². The van der Waals surface area contributed by atoms with Crippen LogP contribution in [0.4, 0.5) is 0 Å². The maximum Gasteiger partial charge on any atom is 0.171 e. The lowest BCUT2D eigenvalue weighted by atomic mass is 9.44. The second-order valence-corrected chi connectivity index (χ2v) is 13.2. The molecule has 0 aromatic heterocycles. The standard InChI is InChI=1S/C27H44O4/c1-15-7-10-27(30-14-15)16(2)24-23(31-27)12-20-18-6-5-17-11-21(28)22(29)13-26(17,4)19(18)8-9-25(20,24)3/h15-24,28-29H,5-14H2,1-4H3/t15?,16-,17?,18?,19?,20?,21?,22?,23?,24?,25?,26?,27+/m0/s1. The van der Waals surface area contributed by atoms with Gasteiger partial charge in [0, 0.05) is 12.3 Å². The fraction of sp³-hybridized carbons (Fsp3) is 1.00. The van der Waals surface area contributed by atoms with E-state index >= 15 is 0 Å². The Labute approximate surface area is 188 Å². The molecule has 176 valence electrons. The predicted molar refractivity (Wildman–Crippen MR) is 119 cm³/mol. The summed E-state index contributed by atoms with van der Waals surface area (Å²) in [6.07, 6.45) is 9.51. The van der Waals surface area contributed by atoms with Crippen LogP contribution in [0.3, 0.4) is 0 Å². The minimum atomic E-state index is -0.537. The highest BCUT2D eigenvalue weighted by atomic mass is 16.7. The molecule has 4 saturated carbocycles. The molecule has 4 aliphatic carbocycles. The smallest absolute Gasteiger partial charge is 0.171 e. The number of hydrogen-bond donors (Lipinski definition) is 2. The lowest BCUT2D eigenvalue weighted by Gasteiger charge is -2.61. The van der Waals surface area contributed by atoms with Crippen LogP contribution in [0.5, 0.6) is 0 Å². The summed E-state index contributed by atoms with van der Waals surface area (Å²) in [4.78, 5) is 0. The van der Waals surface area contributed by atoms with Crippen LogP contribution in [0, 0.1) is 52.3 Å². The number of aliphatic hydroxyl groups excluding tert-OH is 2. The quantitative estimate of drug-likeness (QED) is 0.579. The molecule has 6 fully saturated rings. The predicted octanol–water partition coefficient (Wildman–Crippen LogP) is 4.76. The van der Waals surface area contributed by atoms with Gasteiger partial charge in [-0.3, -0.25) is 0 Å². The van der Waals surface area contributed by atoms with Crippen molar-refractivity contribution in [1.82, 2.24) is 0 Å². The van der Waals surface area contributed by atoms with Crippen molar-refractivity contribution in [2.45, 2.75) is 110 Å². The summed E-state index contributed by atoms with van der Waals surface area (Å²) in [5.74, 6) is 4.21. The summed E-state index contributed by atoms with van der Waals surface area (Å²) in [6.45, 7) is 10.6. The maximum atomic E-state index is 10.6. The van der Waals surface area contributed by atoms with Crippen molar-refractivity contribution in [3.63, 3.8) is 0 Å². The number of hydrogen-bond acceptors (Lipinski definition) is 4. The minimum absolute atomic E-state index is 0.191. The first-order valence-electron chi connectivity index (χ1n) is 13.4. The normalized spacial score (nSPS) is 63.3. The van der Waals surface area contributed by atoms with Crippen molar-refractivity contribution >= 4 is 0 Å². The fourth-order valence-electron chi connectivity index (χ4n) is 10.3. The van der Waals surface area contributed by atoms with Gasteiger partial charge in [0.05, 0.1) is 24.9 Å². The Morgan fingerprint density at radius 2 is 1.65 bits per heavy atom. The van der Waals surface area contributed by atoms with Crippen LogP contribution in [-0.4, -0.2) is 40.9 Å². The molecule has 2 aliphatic heterocycles. The molecule has 31 heavy (non-hydrogen) atoms. The molecule has 2 saturated heterocycles. The lowest BCUT2D eigenvalue weighted by molar-refractivity contribution is -0.273. The Bertz CT molecular complexity index is 716. The molecule has 0 bridgehead atoms. The molecule has 0 radical (unpaired) electrons. The molecule has 0 aromatic carbocycles. The van der Waals surface area contributed by atoms with Gasteiger partial charge < -0.3 is 19.7 Å². The van der Waals surface area contributed by atoms with Crippen molar-refractivity contribution in [3.05, 3.63) is 0 Å². The summed E-state index contributed by atoms with van der Waals surface area (Å²) >= 11 is 0. The highest BCUT2D eigenvalue weighted by Gasteiger charge is 2.69. The Balaban J connectivity index is 1.26. The van der Waals surface area contributed by atoms with Crippen molar-refractivity contribution in [2.24, 2.45) is 52.3 Å². The van der Waals surface area contributed by atoms with E-state index < -0.39 is 12.2 Å². The Kier molecular flexibility index (Phi) is 4.78. The van der Waals surface area contributed by atoms with Gasteiger partial charge in [-0.2, -0.15) is 0 Å². The molecule has 4 nitrogen and oxygen atoms in total. The van der Waals surface area contributed by atoms with Crippen LogP contribution < -0.4 is 0 Å². The van der Waals surface area contributed by atoms with Crippen molar-refractivity contribution in [3.8, 4) is 0 Å². The Hall–Kier alpha value is -0.160. The van der Waals surface area contributed by atoms with Gasteiger partial charge in [-0.15, -0.1) is 0 Å². The zero-order chi connectivity index (χ0) is 21.8. The van der Waals surface area contributed by atoms with Crippen molar-refractivity contribution < 1.29 is 19.7 Å². The molecule has 0 aromatic rings. The number of fused-ring (bicyclic) bond motifs is 7. The van der Waals surface area contributed by atoms with E-state index in [1.165, 1.54) is 38.5 Å². The second-order valence-electron chi connectivity index (χ2n) is 13.2. The topological polar surface area (TPSA) is 58.9 Å². The zero-order valence-electron chi connectivity index (χ0n) is 20.1. The zero-order valence-corrected chi connectivity index (χ0v) is 20.1. The van der Waals surface area contributed by atoms with Crippen LogP contribution in [0.25, 0.3) is 0 Å². The van der Waals surface area contributed by atoms with Crippen LogP contribution in [0.2, 0.25) is 0 Å². The summed E-state index contributed by atoms with van der Waals surface area (Å²) in [6, 6.07) is 0. The third-order valence-electron chi connectivity index (χ3n) is 12.0. The number of aliphatic hydroxyl groups is 2. The third kappa shape index (κ3) is 2.80. The SMILES string of the molecule is CC1CC[C@@]2(OC1)OC1CC3C4CCC5CC(O)C(O)CC5(C)C4CCC3(C)C1[C@@H]2C. The van der Waals surface area contributed by atoms with Gasteiger partial charge in [-0.1, -0.05) is 27.7 Å². The van der Waals surface area contributed by atoms with Crippen molar-refractivity contribution in [2.75, 3.05) is 6.61 Å². The van der Waals surface area contributed by atoms with Gasteiger partial charge >= 0.3 is 0 Å². The van der Waals surface area contributed by atoms with Crippen LogP contribution in [0.1, 0.15) is 85.5 Å². The number of rotatable bonds is 0. The molecular weight excluding hydrogens is 388 g/mol. The van der Waals surface area contributed by atoms with E-state index in [-0.39, 0.29) is 11.2 Å². The molecule has 6 aliphatic rings. The van der Waals surface area contributed by atoms with E-state index in [4.69, 9.17) is 9.47 Å². The molecule has 6 rings (SSSR count). The van der Waals surface area contributed by atoms with Crippen LogP contribution in [0.15, 0.2) is 0 Å². The molecule has 1 spiro atoms. The molecule has 13 atom stereocenters. The molecule has 2 heterocycles. The average molecular weight is 433 g/mol. The minimum Gasteiger partial charge on any atom is -0.390 e. The second kappa shape index (κ2) is 6.93. The van der Waals surface area contributed by atoms with Crippen LogP contribution in [-0.2, 0) is 9.47 Å². The van der Waals surface area contributed by atoms with E-state index in [9.17, 15) is 10.2 Å². The first kappa shape index (κ1) is 21.4. The highest BCUT2D eigenvalue weighted by Crippen LogP contribution is 2.71. The third-order valence-corrected chi connectivity index (χ3v) is 12.0.